The number of benzene rings is 1. The first kappa shape index (κ1) is 15.8. The van der Waals surface area contributed by atoms with Crippen molar-refractivity contribution in [2.75, 3.05) is 6.61 Å². The van der Waals surface area contributed by atoms with Crippen molar-refractivity contribution in [3.8, 4) is 17.1 Å². The van der Waals surface area contributed by atoms with Gasteiger partial charge in [-0.3, -0.25) is 4.98 Å². The van der Waals surface area contributed by atoms with E-state index in [4.69, 9.17) is 14.0 Å². The summed E-state index contributed by atoms with van der Waals surface area (Å²) in [5.41, 5.74) is 1.86. The lowest BCUT2D eigenvalue weighted by atomic mass is 10.2. The number of hydrogen-bond donors (Lipinski definition) is 0. The molecule has 3 aromatic rings. The Kier molecular flexibility index (Phi) is 4.70. The molecule has 1 saturated carbocycles. The van der Waals surface area contributed by atoms with Crippen LogP contribution in [-0.2, 0) is 18.0 Å². The maximum Gasteiger partial charge on any atom is 0.252 e. The topological polar surface area (TPSA) is 70.3 Å². The summed E-state index contributed by atoms with van der Waals surface area (Å²) < 4.78 is 16.6. The van der Waals surface area contributed by atoms with E-state index in [1.165, 1.54) is 12.8 Å². The lowest BCUT2D eigenvalue weighted by molar-refractivity contribution is 0.0894. The molecule has 0 aliphatic heterocycles. The van der Waals surface area contributed by atoms with E-state index >= 15 is 0 Å². The van der Waals surface area contributed by atoms with E-state index in [9.17, 15) is 0 Å². The molecule has 0 amide bonds. The van der Waals surface area contributed by atoms with Gasteiger partial charge >= 0.3 is 0 Å². The molecule has 0 spiro atoms. The first-order valence-electron chi connectivity index (χ1n) is 8.39. The van der Waals surface area contributed by atoms with Crippen LogP contribution >= 0.6 is 0 Å². The van der Waals surface area contributed by atoms with Crippen LogP contribution in [-0.4, -0.2) is 21.7 Å². The van der Waals surface area contributed by atoms with Crippen LogP contribution in [0.15, 0.2) is 53.3 Å². The Morgan fingerprint density at radius 1 is 1.12 bits per heavy atom. The fourth-order valence-corrected chi connectivity index (χ4v) is 2.40. The first-order chi connectivity index (χ1) is 12.4. The van der Waals surface area contributed by atoms with E-state index in [-0.39, 0.29) is 0 Å². The zero-order valence-corrected chi connectivity index (χ0v) is 13.8. The number of pyridine rings is 1. The predicted octanol–water partition coefficient (Wildman–Crippen LogP) is 3.64. The highest BCUT2D eigenvalue weighted by Gasteiger charge is 2.21. The molecule has 2 heterocycles. The second-order valence-corrected chi connectivity index (χ2v) is 6.15. The van der Waals surface area contributed by atoms with Gasteiger partial charge in [0.2, 0.25) is 5.82 Å². The van der Waals surface area contributed by atoms with Crippen LogP contribution in [0.5, 0.6) is 5.75 Å². The Hall–Kier alpha value is -2.73. The molecule has 6 nitrogen and oxygen atoms in total. The fraction of sp³-hybridized carbons (Fsp3) is 0.316. The smallest absolute Gasteiger partial charge is 0.252 e. The van der Waals surface area contributed by atoms with E-state index in [1.54, 1.807) is 12.4 Å². The third-order valence-corrected chi connectivity index (χ3v) is 3.96. The molecule has 1 aromatic carbocycles. The molecule has 1 fully saturated rings. The minimum Gasteiger partial charge on any atom is -0.489 e. The lowest BCUT2D eigenvalue weighted by Crippen LogP contribution is -1.97. The van der Waals surface area contributed by atoms with Crippen molar-refractivity contribution in [2.24, 2.45) is 5.92 Å². The number of hydrogen-bond acceptors (Lipinski definition) is 6. The summed E-state index contributed by atoms with van der Waals surface area (Å²) >= 11 is 0. The summed E-state index contributed by atoms with van der Waals surface area (Å²) in [4.78, 5) is 8.47. The van der Waals surface area contributed by atoms with Gasteiger partial charge in [-0.1, -0.05) is 23.4 Å². The molecular formula is C19H19N3O3. The van der Waals surface area contributed by atoms with Crippen LogP contribution in [0.25, 0.3) is 11.4 Å². The SMILES string of the molecule is c1cncc(COc2cccc(-c3noc(COCC4CC4)n3)c2)c1. The molecule has 128 valence electrons. The second kappa shape index (κ2) is 7.44. The standard InChI is InChI=1S/C19H19N3O3/c1-4-16(9-17(5-1)24-12-15-3-2-8-20-10-15)19-21-18(25-22-19)13-23-11-14-6-7-14/h1-5,8-10,14H,6-7,11-13H2. The van der Waals surface area contributed by atoms with Gasteiger partial charge in [-0.25, -0.2) is 0 Å². The van der Waals surface area contributed by atoms with Crippen LogP contribution in [0.3, 0.4) is 0 Å². The number of nitrogens with zero attached hydrogens (tertiary/aromatic N) is 3. The van der Waals surface area contributed by atoms with Gasteiger partial charge in [0.05, 0.1) is 6.61 Å². The van der Waals surface area contributed by atoms with Crippen molar-refractivity contribution in [1.82, 2.24) is 15.1 Å². The van der Waals surface area contributed by atoms with Crippen molar-refractivity contribution in [3.05, 3.63) is 60.2 Å². The summed E-state index contributed by atoms with van der Waals surface area (Å²) in [7, 11) is 0. The monoisotopic (exact) mass is 337 g/mol. The fourth-order valence-electron chi connectivity index (χ4n) is 2.40. The van der Waals surface area contributed by atoms with E-state index < -0.39 is 0 Å². The predicted molar refractivity (Wildman–Crippen MR) is 90.7 cm³/mol. The van der Waals surface area contributed by atoms with Gasteiger partial charge in [-0.05, 0) is 37.0 Å². The zero-order valence-electron chi connectivity index (χ0n) is 13.8. The molecule has 1 aliphatic rings. The van der Waals surface area contributed by atoms with E-state index in [2.05, 4.69) is 15.1 Å². The maximum atomic E-state index is 5.81. The molecular weight excluding hydrogens is 318 g/mol. The average molecular weight is 337 g/mol. The third-order valence-electron chi connectivity index (χ3n) is 3.96. The molecule has 2 aromatic heterocycles. The van der Waals surface area contributed by atoms with Crippen LogP contribution in [0.2, 0.25) is 0 Å². The Morgan fingerprint density at radius 3 is 2.92 bits per heavy atom. The molecule has 0 radical (unpaired) electrons. The minimum atomic E-state index is 0.362. The van der Waals surface area contributed by atoms with Gasteiger partial charge in [0, 0.05) is 23.5 Å². The van der Waals surface area contributed by atoms with Gasteiger partial charge < -0.3 is 14.0 Å². The normalized spacial score (nSPS) is 13.8. The van der Waals surface area contributed by atoms with Crippen LogP contribution < -0.4 is 4.74 Å². The Morgan fingerprint density at radius 2 is 2.08 bits per heavy atom. The highest BCUT2D eigenvalue weighted by Crippen LogP contribution is 2.29. The molecule has 0 unspecified atom stereocenters. The minimum absolute atomic E-state index is 0.362. The molecule has 0 N–H and O–H groups in total. The summed E-state index contributed by atoms with van der Waals surface area (Å²) in [6, 6.07) is 11.5. The van der Waals surface area contributed by atoms with E-state index in [1.807, 2.05) is 36.4 Å². The number of ether oxygens (including phenoxy) is 2. The quantitative estimate of drug-likeness (QED) is 0.625. The largest absolute Gasteiger partial charge is 0.489 e. The molecule has 6 heteroatoms. The molecule has 0 atom stereocenters. The van der Waals surface area contributed by atoms with Gasteiger partial charge in [-0.15, -0.1) is 0 Å². The Balaban J connectivity index is 1.37. The van der Waals surface area contributed by atoms with Crippen molar-refractivity contribution in [1.29, 1.82) is 0 Å². The van der Waals surface area contributed by atoms with Crippen molar-refractivity contribution in [2.45, 2.75) is 26.1 Å². The van der Waals surface area contributed by atoms with Gasteiger partial charge in [0.1, 0.15) is 19.0 Å². The van der Waals surface area contributed by atoms with Crippen molar-refractivity contribution in [3.63, 3.8) is 0 Å². The average Bonchev–Trinajstić information content (AvgIpc) is 3.36. The summed E-state index contributed by atoms with van der Waals surface area (Å²) in [6.45, 7) is 1.60. The van der Waals surface area contributed by atoms with Crippen LogP contribution in [0, 0.1) is 5.92 Å². The summed E-state index contributed by atoms with van der Waals surface area (Å²) in [6.07, 6.45) is 6.06. The molecule has 0 bridgehead atoms. The highest BCUT2D eigenvalue weighted by molar-refractivity contribution is 5.56. The van der Waals surface area contributed by atoms with Crippen molar-refractivity contribution < 1.29 is 14.0 Å². The number of rotatable bonds is 8. The van der Waals surface area contributed by atoms with Gasteiger partial charge in [-0.2, -0.15) is 4.98 Å². The van der Waals surface area contributed by atoms with Crippen molar-refractivity contribution >= 4 is 0 Å². The van der Waals surface area contributed by atoms with Crippen LogP contribution in [0.4, 0.5) is 0 Å². The Labute approximate surface area is 145 Å². The third kappa shape index (κ3) is 4.42. The highest BCUT2D eigenvalue weighted by atomic mass is 16.5. The lowest BCUT2D eigenvalue weighted by Gasteiger charge is -2.06. The molecule has 0 saturated heterocycles. The van der Waals surface area contributed by atoms with E-state index in [0.29, 0.717) is 24.9 Å². The van der Waals surface area contributed by atoms with Gasteiger partial charge in [0.25, 0.3) is 5.89 Å². The molecule has 25 heavy (non-hydrogen) atoms. The molecule has 4 rings (SSSR count). The molecule has 1 aliphatic carbocycles. The Bertz CT molecular complexity index is 816. The zero-order chi connectivity index (χ0) is 16.9. The number of aromatic nitrogens is 3. The summed E-state index contributed by atoms with van der Waals surface area (Å²) in [5, 5.41) is 4.03. The first-order valence-corrected chi connectivity index (χ1v) is 8.39. The summed E-state index contributed by atoms with van der Waals surface area (Å²) in [5.74, 6) is 2.50. The van der Waals surface area contributed by atoms with Gasteiger partial charge in [0.15, 0.2) is 0 Å². The maximum absolute atomic E-state index is 5.81. The second-order valence-electron chi connectivity index (χ2n) is 6.15. The van der Waals surface area contributed by atoms with E-state index in [0.717, 1.165) is 29.4 Å². The van der Waals surface area contributed by atoms with Crippen LogP contribution in [0.1, 0.15) is 24.3 Å².